The van der Waals surface area contributed by atoms with Crippen molar-refractivity contribution >= 4 is 11.6 Å². The highest BCUT2D eigenvalue weighted by Gasteiger charge is 2.12. The van der Waals surface area contributed by atoms with Gasteiger partial charge in [0, 0.05) is 17.7 Å². The topological polar surface area (TPSA) is 106 Å². The number of hydroxylamine groups is 1. The fourth-order valence-corrected chi connectivity index (χ4v) is 1.42. The van der Waals surface area contributed by atoms with E-state index in [1.807, 2.05) is 0 Å². The van der Waals surface area contributed by atoms with Crippen LogP contribution in [0.1, 0.15) is 10.6 Å². The standard InChI is InChI=1S/C11H8N2O5/c14-11(12-15)10-6-5-9(18-10)7-1-3-8(4-2-7)13(16)17/h1-6,15H,(H,12,14). The summed E-state index contributed by atoms with van der Waals surface area (Å²) in [6.45, 7) is 0. The van der Waals surface area contributed by atoms with Gasteiger partial charge < -0.3 is 4.42 Å². The summed E-state index contributed by atoms with van der Waals surface area (Å²) in [6.07, 6.45) is 0. The lowest BCUT2D eigenvalue weighted by Gasteiger charge is -1.97. The number of nitrogens with zero attached hydrogens (tertiary/aromatic N) is 1. The van der Waals surface area contributed by atoms with E-state index in [0.717, 1.165) is 0 Å². The van der Waals surface area contributed by atoms with Crippen molar-refractivity contribution in [3.05, 3.63) is 52.3 Å². The molecule has 7 nitrogen and oxygen atoms in total. The van der Waals surface area contributed by atoms with Gasteiger partial charge in [0.1, 0.15) is 5.76 Å². The Morgan fingerprint density at radius 2 is 1.89 bits per heavy atom. The predicted octanol–water partition coefficient (Wildman–Crippen LogP) is 1.97. The molecule has 0 atom stereocenters. The number of hydrogen-bond donors (Lipinski definition) is 2. The Morgan fingerprint density at radius 1 is 1.22 bits per heavy atom. The molecule has 18 heavy (non-hydrogen) atoms. The van der Waals surface area contributed by atoms with Crippen molar-refractivity contribution in [2.45, 2.75) is 0 Å². The SMILES string of the molecule is O=C(NO)c1ccc(-c2ccc([N+](=O)[O-])cc2)o1. The van der Waals surface area contributed by atoms with E-state index in [4.69, 9.17) is 9.62 Å². The van der Waals surface area contributed by atoms with Crippen LogP contribution in [-0.2, 0) is 0 Å². The molecule has 1 amide bonds. The summed E-state index contributed by atoms with van der Waals surface area (Å²) in [5, 5.41) is 18.9. The molecule has 1 aromatic carbocycles. The smallest absolute Gasteiger partial charge is 0.310 e. The Hall–Kier alpha value is -2.67. The third kappa shape index (κ3) is 2.20. The van der Waals surface area contributed by atoms with E-state index >= 15 is 0 Å². The van der Waals surface area contributed by atoms with E-state index in [-0.39, 0.29) is 11.4 Å². The molecule has 0 saturated heterocycles. The van der Waals surface area contributed by atoms with Gasteiger partial charge in [0.05, 0.1) is 4.92 Å². The highest BCUT2D eigenvalue weighted by molar-refractivity contribution is 5.91. The van der Waals surface area contributed by atoms with E-state index in [1.54, 1.807) is 0 Å². The third-order valence-electron chi connectivity index (χ3n) is 2.29. The van der Waals surface area contributed by atoms with Gasteiger partial charge in [0.2, 0.25) is 0 Å². The van der Waals surface area contributed by atoms with E-state index in [1.165, 1.54) is 41.9 Å². The fourth-order valence-electron chi connectivity index (χ4n) is 1.42. The second kappa shape index (κ2) is 4.68. The summed E-state index contributed by atoms with van der Waals surface area (Å²) >= 11 is 0. The van der Waals surface area contributed by atoms with E-state index in [9.17, 15) is 14.9 Å². The normalized spacial score (nSPS) is 10.1. The zero-order valence-corrected chi connectivity index (χ0v) is 8.99. The summed E-state index contributed by atoms with van der Waals surface area (Å²) in [7, 11) is 0. The molecular formula is C11H8N2O5. The molecular weight excluding hydrogens is 240 g/mol. The number of carbonyl (C=O) groups is 1. The van der Waals surface area contributed by atoms with Gasteiger partial charge in [-0.1, -0.05) is 0 Å². The van der Waals surface area contributed by atoms with Gasteiger partial charge in [-0.2, -0.15) is 0 Å². The first kappa shape index (κ1) is 11.8. The zero-order valence-electron chi connectivity index (χ0n) is 8.99. The number of nitrogens with one attached hydrogen (secondary N) is 1. The van der Waals surface area contributed by atoms with Crippen molar-refractivity contribution in [2.75, 3.05) is 0 Å². The predicted molar refractivity (Wildman–Crippen MR) is 60.1 cm³/mol. The second-order valence-electron chi connectivity index (χ2n) is 3.41. The maximum absolute atomic E-state index is 11.1. The maximum Gasteiger partial charge on any atom is 0.310 e. The molecule has 2 rings (SSSR count). The number of furan rings is 1. The highest BCUT2D eigenvalue weighted by Crippen LogP contribution is 2.24. The molecule has 0 aliphatic carbocycles. The van der Waals surface area contributed by atoms with E-state index < -0.39 is 10.8 Å². The van der Waals surface area contributed by atoms with Crippen molar-refractivity contribution < 1.29 is 19.3 Å². The molecule has 0 aliphatic heterocycles. The average molecular weight is 248 g/mol. The van der Waals surface area contributed by atoms with Crippen LogP contribution in [0.5, 0.6) is 0 Å². The number of amides is 1. The molecule has 0 spiro atoms. The summed E-state index contributed by atoms with van der Waals surface area (Å²) in [4.78, 5) is 21.0. The highest BCUT2D eigenvalue weighted by atomic mass is 16.6. The lowest BCUT2D eigenvalue weighted by Crippen LogP contribution is -2.17. The number of rotatable bonds is 3. The van der Waals surface area contributed by atoms with Crippen molar-refractivity contribution in [2.24, 2.45) is 0 Å². The number of nitro benzene ring substituents is 1. The van der Waals surface area contributed by atoms with Crippen LogP contribution in [0.2, 0.25) is 0 Å². The Morgan fingerprint density at radius 3 is 2.44 bits per heavy atom. The minimum absolute atomic E-state index is 0.0290. The summed E-state index contributed by atoms with van der Waals surface area (Å²) in [5.74, 6) is -0.433. The van der Waals surface area contributed by atoms with E-state index in [2.05, 4.69) is 0 Å². The number of hydrogen-bond acceptors (Lipinski definition) is 5. The van der Waals surface area contributed by atoms with Gasteiger partial charge in [-0.25, -0.2) is 5.48 Å². The van der Waals surface area contributed by atoms with Crippen LogP contribution in [0, 0.1) is 10.1 Å². The molecule has 1 heterocycles. The van der Waals surface area contributed by atoms with Crippen LogP contribution in [0.4, 0.5) is 5.69 Å². The van der Waals surface area contributed by atoms with Gasteiger partial charge in [-0.15, -0.1) is 0 Å². The largest absolute Gasteiger partial charge is 0.451 e. The minimum atomic E-state index is -0.761. The molecule has 92 valence electrons. The van der Waals surface area contributed by atoms with Crippen molar-refractivity contribution in [1.29, 1.82) is 0 Å². The Kier molecular flexibility index (Phi) is 3.07. The molecule has 0 radical (unpaired) electrons. The number of carbonyl (C=O) groups excluding carboxylic acids is 1. The number of benzene rings is 1. The van der Waals surface area contributed by atoms with Crippen LogP contribution in [0.15, 0.2) is 40.8 Å². The van der Waals surface area contributed by atoms with Crippen LogP contribution in [-0.4, -0.2) is 16.0 Å². The van der Waals surface area contributed by atoms with E-state index in [0.29, 0.717) is 11.3 Å². The van der Waals surface area contributed by atoms with Crippen LogP contribution < -0.4 is 5.48 Å². The quantitative estimate of drug-likeness (QED) is 0.490. The molecule has 0 aliphatic rings. The first-order chi connectivity index (χ1) is 8.61. The van der Waals surface area contributed by atoms with Crippen LogP contribution in [0.25, 0.3) is 11.3 Å². The second-order valence-corrected chi connectivity index (χ2v) is 3.41. The lowest BCUT2D eigenvalue weighted by molar-refractivity contribution is -0.384. The Labute approximate surface area is 101 Å². The number of non-ortho nitro benzene ring substituents is 1. The fraction of sp³-hybridized carbons (Fsp3) is 0. The molecule has 0 saturated carbocycles. The Bertz CT molecular complexity index is 588. The Balaban J connectivity index is 2.29. The van der Waals surface area contributed by atoms with Gasteiger partial charge in [-0.3, -0.25) is 20.1 Å². The zero-order chi connectivity index (χ0) is 13.1. The van der Waals surface area contributed by atoms with Crippen molar-refractivity contribution in [3.8, 4) is 11.3 Å². The molecule has 0 bridgehead atoms. The maximum atomic E-state index is 11.1. The van der Waals surface area contributed by atoms with Crippen molar-refractivity contribution in [3.63, 3.8) is 0 Å². The van der Waals surface area contributed by atoms with Crippen LogP contribution >= 0.6 is 0 Å². The minimum Gasteiger partial charge on any atom is -0.451 e. The molecule has 2 N–H and O–H groups in total. The van der Waals surface area contributed by atoms with Gasteiger partial charge in [0.25, 0.3) is 5.69 Å². The third-order valence-corrected chi connectivity index (χ3v) is 2.29. The molecule has 7 heteroatoms. The lowest BCUT2D eigenvalue weighted by atomic mass is 10.1. The summed E-state index contributed by atoms with van der Waals surface area (Å²) in [6, 6.07) is 8.62. The first-order valence-corrected chi connectivity index (χ1v) is 4.91. The molecule has 1 aromatic heterocycles. The van der Waals surface area contributed by atoms with Gasteiger partial charge in [-0.05, 0) is 24.3 Å². The average Bonchev–Trinajstić information content (AvgIpc) is 2.87. The number of nitro groups is 1. The van der Waals surface area contributed by atoms with Crippen LogP contribution in [0.3, 0.4) is 0 Å². The van der Waals surface area contributed by atoms with Crippen molar-refractivity contribution in [1.82, 2.24) is 5.48 Å². The van der Waals surface area contributed by atoms with Gasteiger partial charge >= 0.3 is 5.91 Å². The van der Waals surface area contributed by atoms with Gasteiger partial charge in [0.15, 0.2) is 5.76 Å². The summed E-state index contributed by atoms with van der Waals surface area (Å²) < 4.78 is 5.18. The molecule has 0 fully saturated rings. The monoisotopic (exact) mass is 248 g/mol. The summed E-state index contributed by atoms with van der Waals surface area (Å²) in [5.41, 5.74) is 2.01. The molecule has 0 unspecified atom stereocenters. The first-order valence-electron chi connectivity index (χ1n) is 4.91. The molecule has 2 aromatic rings.